The molecule has 2 saturated heterocycles. The number of ether oxygens (including phenoxy) is 3. The van der Waals surface area contributed by atoms with Crippen LogP contribution in [0.4, 0.5) is 5.69 Å². The van der Waals surface area contributed by atoms with E-state index in [-0.39, 0.29) is 24.0 Å². The highest BCUT2D eigenvalue weighted by atomic mass is 16.5. The lowest BCUT2D eigenvalue weighted by atomic mass is 10.0. The predicted molar refractivity (Wildman–Crippen MR) is 152 cm³/mol. The number of hydrogen-bond acceptors (Lipinski definition) is 10. The minimum absolute atomic E-state index is 0.0829. The number of anilines is 1. The van der Waals surface area contributed by atoms with Gasteiger partial charge in [-0.15, -0.1) is 0 Å². The normalized spacial score (nSPS) is 20.0. The van der Waals surface area contributed by atoms with Gasteiger partial charge in [-0.05, 0) is 70.3 Å². The maximum absolute atomic E-state index is 13.1. The van der Waals surface area contributed by atoms with E-state index in [0.717, 1.165) is 63.2 Å². The van der Waals surface area contributed by atoms with Crippen molar-refractivity contribution in [2.75, 3.05) is 71.1 Å². The Hall–Kier alpha value is -2.90. The molecule has 41 heavy (non-hydrogen) atoms. The number of piperidine rings is 2. The first-order chi connectivity index (χ1) is 20.0. The summed E-state index contributed by atoms with van der Waals surface area (Å²) in [6.45, 7) is 7.18. The summed E-state index contributed by atoms with van der Waals surface area (Å²) in [6.07, 6.45) is 5.48. The zero-order valence-corrected chi connectivity index (χ0v) is 23.7. The van der Waals surface area contributed by atoms with Crippen molar-refractivity contribution in [2.45, 2.75) is 57.0 Å². The first-order valence-electron chi connectivity index (χ1n) is 14.8. The molecule has 4 amide bonds. The van der Waals surface area contributed by atoms with E-state index in [4.69, 9.17) is 19.9 Å². The van der Waals surface area contributed by atoms with Crippen LogP contribution in [0.25, 0.3) is 0 Å². The van der Waals surface area contributed by atoms with Gasteiger partial charge in [0.25, 0.3) is 11.8 Å². The van der Waals surface area contributed by atoms with Crippen LogP contribution in [0.5, 0.6) is 0 Å². The Bertz CT molecular complexity index is 1060. The third kappa shape index (κ3) is 8.79. The van der Waals surface area contributed by atoms with Gasteiger partial charge in [-0.25, -0.2) is 0 Å². The highest BCUT2D eigenvalue weighted by Crippen LogP contribution is 2.32. The van der Waals surface area contributed by atoms with Crippen LogP contribution < -0.4 is 16.4 Å². The molecule has 0 bridgehead atoms. The molecule has 4 rings (SSSR count). The smallest absolute Gasteiger partial charge is 0.264 e. The molecule has 12 heteroatoms. The number of hydrogen-bond donors (Lipinski definition) is 3. The second-order valence-corrected chi connectivity index (χ2v) is 10.7. The molecular formula is C29H43N5O7. The van der Waals surface area contributed by atoms with Gasteiger partial charge in [-0.1, -0.05) is 6.07 Å². The van der Waals surface area contributed by atoms with Crippen molar-refractivity contribution < 1.29 is 33.4 Å². The van der Waals surface area contributed by atoms with E-state index < -0.39 is 29.7 Å². The van der Waals surface area contributed by atoms with Crippen LogP contribution in [-0.4, -0.2) is 111 Å². The first-order valence-corrected chi connectivity index (χ1v) is 14.8. The topological polar surface area (TPSA) is 153 Å². The summed E-state index contributed by atoms with van der Waals surface area (Å²) in [4.78, 5) is 53.2. The van der Waals surface area contributed by atoms with Crippen molar-refractivity contribution in [3.63, 3.8) is 0 Å². The van der Waals surface area contributed by atoms with E-state index >= 15 is 0 Å². The van der Waals surface area contributed by atoms with Gasteiger partial charge in [0.2, 0.25) is 11.8 Å². The molecule has 2 fully saturated rings. The Kier molecular flexibility index (Phi) is 12.1. The molecule has 3 aliphatic rings. The first kappa shape index (κ1) is 31.0. The number of imide groups is 2. The van der Waals surface area contributed by atoms with Crippen molar-refractivity contribution in [1.29, 1.82) is 0 Å². The van der Waals surface area contributed by atoms with Crippen LogP contribution in [-0.2, 0) is 23.8 Å². The quantitative estimate of drug-likeness (QED) is 0.183. The highest BCUT2D eigenvalue weighted by molar-refractivity contribution is 6.25. The Morgan fingerprint density at radius 3 is 2.32 bits per heavy atom. The Morgan fingerprint density at radius 1 is 0.854 bits per heavy atom. The van der Waals surface area contributed by atoms with Crippen LogP contribution in [0.3, 0.4) is 0 Å². The van der Waals surface area contributed by atoms with Gasteiger partial charge in [0.05, 0.1) is 30.9 Å². The lowest BCUT2D eigenvalue weighted by Crippen LogP contribution is -2.54. The summed E-state index contributed by atoms with van der Waals surface area (Å²) in [5.74, 6) is -2.09. The second kappa shape index (κ2) is 15.9. The third-order valence-electron chi connectivity index (χ3n) is 7.62. The molecule has 0 aromatic heterocycles. The molecule has 1 atom stereocenters. The number of unbranched alkanes of at least 4 members (excludes halogenated alkanes) is 1. The molecule has 0 saturated carbocycles. The number of nitrogens with zero attached hydrogens (tertiary/aromatic N) is 2. The largest absolute Gasteiger partial charge is 0.382 e. The number of fused-ring (bicyclic) bond motifs is 1. The zero-order chi connectivity index (χ0) is 29.0. The van der Waals surface area contributed by atoms with Crippen LogP contribution in [0.2, 0.25) is 0 Å². The summed E-state index contributed by atoms with van der Waals surface area (Å²) in [5.41, 5.74) is 6.93. The van der Waals surface area contributed by atoms with E-state index in [2.05, 4.69) is 15.5 Å². The van der Waals surface area contributed by atoms with Crippen LogP contribution in [0, 0.1) is 0 Å². The fraction of sp³-hybridized carbons (Fsp3) is 0.655. The maximum Gasteiger partial charge on any atom is 0.264 e. The molecule has 1 unspecified atom stereocenters. The number of benzene rings is 1. The molecule has 1 aromatic carbocycles. The van der Waals surface area contributed by atoms with Gasteiger partial charge in [-0.3, -0.25) is 29.4 Å². The monoisotopic (exact) mass is 573 g/mol. The predicted octanol–water partition coefficient (Wildman–Crippen LogP) is 1.14. The number of likely N-dealkylation sites (tertiary alicyclic amines) is 1. The van der Waals surface area contributed by atoms with Gasteiger partial charge >= 0.3 is 0 Å². The van der Waals surface area contributed by atoms with Gasteiger partial charge < -0.3 is 30.2 Å². The van der Waals surface area contributed by atoms with Gasteiger partial charge in [0.1, 0.15) is 6.04 Å². The maximum atomic E-state index is 13.1. The van der Waals surface area contributed by atoms with Crippen LogP contribution in [0.15, 0.2) is 18.2 Å². The molecule has 3 aliphatic heterocycles. The fourth-order valence-electron chi connectivity index (χ4n) is 5.32. The highest BCUT2D eigenvalue weighted by Gasteiger charge is 2.45. The Morgan fingerprint density at radius 2 is 1.56 bits per heavy atom. The van der Waals surface area contributed by atoms with Crippen molar-refractivity contribution in [2.24, 2.45) is 5.73 Å². The number of carbonyl (C=O) groups is 4. The SMILES string of the molecule is NC1CCN(CCCCOCCCOCCOCCNc2cccc3c2C(=O)N(C2CCC(=O)NC2=O)C3=O)CC1. The zero-order valence-electron chi connectivity index (χ0n) is 23.7. The van der Waals surface area contributed by atoms with Gasteiger partial charge in [0, 0.05) is 44.5 Å². The fourth-order valence-corrected chi connectivity index (χ4v) is 5.32. The minimum atomic E-state index is -0.988. The molecule has 12 nitrogen and oxygen atoms in total. The van der Waals surface area contributed by atoms with E-state index in [1.165, 1.54) is 0 Å². The number of nitrogens with one attached hydrogen (secondary N) is 2. The lowest BCUT2D eigenvalue weighted by molar-refractivity contribution is -0.136. The standard InChI is InChI=1S/C29H43N5O7/c30-21-9-13-33(14-10-21)12-1-2-15-39-16-4-17-40-19-20-41-18-11-31-23-6-3-5-22-26(23)29(38)34(28(22)37)24-7-8-25(35)32-27(24)36/h3,5-6,21,24,31H,1-2,4,7-20,30H2,(H,32,35,36). The number of rotatable bonds is 17. The summed E-state index contributed by atoms with van der Waals surface area (Å²) in [5, 5.41) is 5.36. The molecule has 0 radical (unpaired) electrons. The summed E-state index contributed by atoms with van der Waals surface area (Å²) >= 11 is 0. The van der Waals surface area contributed by atoms with Crippen molar-refractivity contribution >= 4 is 29.3 Å². The van der Waals surface area contributed by atoms with E-state index in [0.29, 0.717) is 51.3 Å². The summed E-state index contributed by atoms with van der Waals surface area (Å²) in [6, 6.07) is 4.36. The van der Waals surface area contributed by atoms with Crippen molar-refractivity contribution in [3.8, 4) is 0 Å². The molecule has 0 aliphatic carbocycles. The average Bonchev–Trinajstić information content (AvgIpc) is 3.22. The second-order valence-electron chi connectivity index (χ2n) is 10.7. The number of carbonyl (C=O) groups excluding carboxylic acids is 4. The van der Waals surface area contributed by atoms with Crippen LogP contribution in [0.1, 0.15) is 65.7 Å². The summed E-state index contributed by atoms with van der Waals surface area (Å²) < 4.78 is 16.9. The van der Waals surface area contributed by atoms with Crippen molar-refractivity contribution in [1.82, 2.24) is 15.1 Å². The average molecular weight is 574 g/mol. The van der Waals surface area contributed by atoms with E-state index in [9.17, 15) is 19.2 Å². The van der Waals surface area contributed by atoms with Crippen LogP contribution >= 0.6 is 0 Å². The van der Waals surface area contributed by atoms with Gasteiger partial charge in [0.15, 0.2) is 0 Å². The van der Waals surface area contributed by atoms with Gasteiger partial charge in [-0.2, -0.15) is 0 Å². The molecular weight excluding hydrogens is 530 g/mol. The Labute approximate surface area is 241 Å². The van der Waals surface area contributed by atoms with E-state index in [1.54, 1.807) is 18.2 Å². The molecule has 226 valence electrons. The third-order valence-corrected chi connectivity index (χ3v) is 7.62. The lowest BCUT2D eigenvalue weighted by Gasteiger charge is -2.29. The Balaban J connectivity index is 1.02. The number of amides is 4. The molecule has 3 heterocycles. The minimum Gasteiger partial charge on any atom is -0.382 e. The number of nitrogens with two attached hydrogens (primary N) is 1. The summed E-state index contributed by atoms with van der Waals surface area (Å²) in [7, 11) is 0. The molecule has 4 N–H and O–H groups in total. The van der Waals surface area contributed by atoms with E-state index in [1.807, 2.05) is 0 Å². The molecule has 0 spiro atoms. The molecule has 1 aromatic rings. The van der Waals surface area contributed by atoms with Crippen molar-refractivity contribution in [3.05, 3.63) is 29.3 Å².